The van der Waals surface area contributed by atoms with E-state index in [1.165, 1.54) is 6.07 Å². The Bertz CT molecular complexity index is 535. The fourth-order valence-electron chi connectivity index (χ4n) is 2.73. The molecule has 7 heteroatoms. The third-order valence-corrected chi connectivity index (χ3v) is 3.91. The van der Waals surface area contributed by atoms with Crippen molar-refractivity contribution in [2.75, 3.05) is 18.1 Å². The van der Waals surface area contributed by atoms with Crippen LogP contribution in [-0.2, 0) is 6.18 Å². The van der Waals surface area contributed by atoms with Crippen LogP contribution in [-0.4, -0.2) is 13.1 Å². The van der Waals surface area contributed by atoms with Crippen molar-refractivity contribution in [1.29, 1.82) is 0 Å². The molecule has 3 rings (SSSR count). The van der Waals surface area contributed by atoms with Gasteiger partial charge in [0.1, 0.15) is 5.70 Å². The lowest BCUT2D eigenvalue weighted by molar-refractivity contribution is -0.663. The first kappa shape index (κ1) is 14.4. The number of allylic oxidation sites excluding steroid dienone is 1. The van der Waals surface area contributed by atoms with Crippen LogP contribution in [0.2, 0.25) is 0 Å². The van der Waals surface area contributed by atoms with E-state index < -0.39 is 11.7 Å². The van der Waals surface area contributed by atoms with Crippen LogP contribution in [0.3, 0.4) is 0 Å². The monoisotopic (exact) mass is 299 g/mol. The van der Waals surface area contributed by atoms with Crippen molar-refractivity contribution in [3.63, 3.8) is 0 Å². The molecule has 2 aliphatic heterocycles. The maximum Gasteiger partial charge on any atom is 0.416 e. The van der Waals surface area contributed by atoms with Gasteiger partial charge in [0.25, 0.3) is 0 Å². The number of anilines is 1. The minimum atomic E-state index is -4.32. The van der Waals surface area contributed by atoms with E-state index in [2.05, 4.69) is 10.9 Å². The minimum Gasteiger partial charge on any atom is -0.317 e. The Hall–Kier alpha value is -1.57. The molecule has 0 amide bonds. The Morgan fingerprint density at radius 3 is 2.67 bits per heavy atom. The molecule has 1 fully saturated rings. The molecule has 4 nitrogen and oxygen atoms in total. The van der Waals surface area contributed by atoms with Gasteiger partial charge in [0, 0.05) is 5.92 Å². The number of nitrogens with one attached hydrogen (secondary N) is 2. The second-order valence-corrected chi connectivity index (χ2v) is 5.34. The molecule has 0 unspecified atom stereocenters. The second kappa shape index (κ2) is 5.67. The smallest absolute Gasteiger partial charge is 0.317 e. The maximum absolute atomic E-state index is 12.8. The first-order valence-electron chi connectivity index (χ1n) is 7.02. The number of hydrazine groups is 1. The van der Waals surface area contributed by atoms with Gasteiger partial charge in [-0.15, -0.1) is 0 Å². The van der Waals surface area contributed by atoms with Gasteiger partial charge in [0.05, 0.1) is 17.5 Å². The number of quaternary nitrogens is 1. The Labute approximate surface area is 120 Å². The van der Waals surface area contributed by atoms with Crippen molar-refractivity contribution in [2.45, 2.75) is 19.0 Å². The van der Waals surface area contributed by atoms with Crippen molar-refractivity contribution < 1.29 is 18.6 Å². The number of benzene rings is 1. The van der Waals surface area contributed by atoms with Gasteiger partial charge in [0.15, 0.2) is 0 Å². The van der Waals surface area contributed by atoms with Crippen molar-refractivity contribution in [3.05, 3.63) is 41.7 Å². The Kier molecular flexibility index (Phi) is 3.88. The van der Waals surface area contributed by atoms with E-state index in [0.717, 1.165) is 43.8 Å². The van der Waals surface area contributed by atoms with E-state index in [-0.39, 0.29) is 0 Å². The van der Waals surface area contributed by atoms with Gasteiger partial charge in [0.2, 0.25) is 0 Å². The van der Waals surface area contributed by atoms with Crippen LogP contribution < -0.4 is 21.3 Å². The molecule has 21 heavy (non-hydrogen) atoms. The van der Waals surface area contributed by atoms with Crippen LogP contribution in [0.4, 0.5) is 18.9 Å². The topological polar surface area (TPSA) is 43.9 Å². The zero-order valence-electron chi connectivity index (χ0n) is 11.5. The third kappa shape index (κ3) is 3.20. The summed E-state index contributed by atoms with van der Waals surface area (Å²) in [6.45, 7) is 1.97. The van der Waals surface area contributed by atoms with Gasteiger partial charge in [-0.25, -0.2) is 10.4 Å². The summed E-state index contributed by atoms with van der Waals surface area (Å²) in [5.74, 6) is 0.467. The number of hydrogen-bond acceptors (Lipinski definition) is 3. The second-order valence-electron chi connectivity index (χ2n) is 5.34. The molecule has 2 aliphatic rings. The summed E-state index contributed by atoms with van der Waals surface area (Å²) in [5, 5.41) is 4.95. The first-order chi connectivity index (χ1) is 10.0. The van der Waals surface area contributed by atoms with Crippen molar-refractivity contribution in [2.24, 2.45) is 5.92 Å². The zero-order valence-corrected chi connectivity index (χ0v) is 11.5. The van der Waals surface area contributed by atoms with Gasteiger partial charge < -0.3 is 5.32 Å². The predicted octanol–water partition coefficient (Wildman–Crippen LogP) is 1.35. The molecule has 0 aromatic heterocycles. The van der Waals surface area contributed by atoms with Crippen molar-refractivity contribution in [1.82, 2.24) is 10.9 Å². The largest absolute Gasteiger partial charge is 0.416 e. The fraction of sp³-hybridized carbons (Fsp3) is 0.429. The lowest BCUT2D eigenvalue weighted by Crippen LogP contribution is -2.91. The van der Waals surface area contributed by atoms with Crippen LogP contribution in [0.15, 0.2) is 36.2 Å². The van der Waals surface area contributed by atoms with E-state index in [9.17, 15) is 13.2 Å². The summed E-state index contributed by atoms with van der Waals surface area (Å²) >= 11 is 0. The van der Waals surface area contributed by atoms with Crippen LogP contribution in [0.25, 0.3) is 0 Å². The molecular formula is C14H18F3N4+. The fourth-order valence-corrected chi connectivity index (χ4v) is 2.73. The third-order valence-electron chi connectivity index (χ3n) is 3.91. The highest BCUT2D eigenvalue weighted by molar-refractivity contribution is 5.51. The molecule has 0 bridgehead atoms. The molecule has 1 saturated heterocycles. The molecule has 114 valence electrons. The zero-order chi connectivity index (χ0) is 14.9. The van der Waals surface area contributed by atoms with E-state index in [1.807, 2.05) is 11.6 Å². The standard InChI is InChI=1S/C14H17F3N4/c15-14(16,17)11-2-1-3-12(8-11)21-9-13(19-20-21)10-4-6-18-7-5-10/h1-3,8-10,18-20H,4-7H2/p+1. The summed E-state index contributed by atoms with van der Waals surface area (Å²) in [6, 6.07) is 5.33. The summed E-state index contributed by atoms with van der Waals surface area (Å²) in [7, 11) is 0. The Morgan fingerprint density at radius 2 is 1.95 bits per heavy atom. The summed E-state index contributed by atoms with van der Waals surface area (Å²) < 4.78 is 38.3. The molecule has 0 spiro atoms. The molecule has 0 atom stereocenters. The SMILES string of the molecule is FC(F)(F)c1cccc(N2C=C(C3CCNCC3)[NH2+]N2)c1. The Morgan fingerprint density at radius 1 is 1.19 bits per heavy atom. The van der Waals surface area contributed by atoms with Gasteiger partial charge in [-0.05, 0) is 44.1 Å². The lowest BCUT2D eigenvalue weighted by atomic mass is 9.95. The molecule has 0 aliphatic carbocycles. The van der Waals surface area contributed by atoms with Crippen LogP contribution in [0.1, 0.15) is 18.4 Å². The van der Waals surface area contributed by atoms with Gasteiger partial charge in [-0.3, -0.25) is 0 Å². The number of nitrogens with zero attached hydrogens (tertiary/aromatic N) is 1. The van der Waals surface area contributed by atoms with Crippen LogP contribution >= 0.6 is 0 Å². The minimum absolute atomic E-state index is 0.467. The molecule has 0 saturated carbocycles. The van der Waals surface area contributed by atoms with E-state index >= 15 is 0 Å². The quantitative estimate of drug-likeness (QED) is 0.722. The number of nitrogens with two attached hydrogens (primary N) is 1. The summed E-state index contributed by atoms with van der Waals surface area (Å²) in [5.41, 5.74) is 5.92. The predicted molar refractivity (Wildman–Crippen MR) is 72.7 cm³/mol. The van der Waals surface area contributed by atoms with Gasteiger partial charge >= 0.3 is 6.18 Å². The maximum atomic E-state index is 12.8. The number of piperidine rings is 1. The van der Waals surface area contributed by atoms with Crippen molar-refractivity contribution >= 4 is 5.69 Å². The molecule has 1 aromatic carbocycles. The lowest BCUT2D eigenvalue weighted by Gasteiger charge is -2.20. The molecule has 2 heterocycles. The van der Waals surface area contributed by atoms with E-state index in [0.29, 0.717) is 11.6 Å². The molecular weight excluding hydrogens is 281 g/mol. The van der Waals surface area contributed by atoms with Crippen LogP contribution in [0, 0.1) is 5.92 Å². The number of hydrogen-bond donors (Lipinski definition) is 3. The van der Waals surface area contributed by atoms with E-state index in [4.69, 9.17) is 0 Å². The highest BCUT2D eigenvalue weighted by atomic mass is 19.4. The number of halogens is 3. The molecule has 1 aromatic rings. The van der Waals surface area contributed by atoms with Crippen molar-refractivity contribution in [3.8, 4) is 0 Å². The molecule has 0 radical (unpaired) electrons. The highest BCUT2D eigenvalue weighted by Crippen LogP contribution is 2.31. The Balaban J connectivity index is 1.77. The normalized spacial score (nSPS) is 20.7. The average Bonchev–Trinajstić information content (AvgIpc) is 2.97. The molecule has 4 N–H and O–H groups in total. The average molecular weight is 299 g/mol. The first-order valence-corrected chi connectivity index (χ1v) is 7.02. The van der Waals surface area contributed by atoms with Gasteiger partial charge in [-0.2, -0.15) is 13.2 Å². The number of alkyl halides is 3. The van der Waals surface area contributed by atoms with Gasteiger partial charge in [-0.1, -0.05) is 11.6 Å². The summed E-state index contributed by atoms with van der Waals surface area (Å²) in [4.78, 5) is 0. The number of rotatable bonds is 2. The van der Waals surface area contributed by atoms with E-state index in [1.54, 1.807) is 11.1 Å². The summed E-state index contributed by atoms with van der Waals surface area (Å²) in [6.07, 6.45) is -0.312. The van der Waals surface area contributed by atoms with Crippen LogP contribution in [0.5, 0.6) is 0 Å². The highest BCUT2D eigenvalue weighted by Gasteiger charge is 2.32.